The van der Waals surface area contributed by atoms with Crippen molar-refractivity contribution in [2.75, 3.05) is 0 Å². The van der Waals surface area contributed by atoms with Gasteiger partial charge in [-0.25, -0.2) is 13.8 Å². The molecule has 1 aromatic heterocycles. The fourth-order valence-corrected chi connectivity index (χ4v) is 1.43. The molecular formula is C8H2ClF5N2O3. The molecule has 1 heterocycles. The fourth-order valence-electron chi connectivity index (χ4n) is 1.29. The molecule has 0 saturated heterocycles. The molecule has 1 rings (SSSR count). The van der Waals surface area contributed by atoms with Crippen LogP contribution in [0.15, 0.2) is 6.20 Å². The van der Waals surface area contributed by atoms with Gasteiger partial charge in [0.25, 0.3) is 11.7 Å². The summed E-state index contributed by atoms with van der Waals surface area (Å²) in [6.45, 7) is 0. The third-order valence-corrected chi connectivity index (χ3v) is 2.16. The van der Waals surface area contributed by atoms with Crippen LogP contribution in [-0.4, -0.2) is 15.1 Å². The van der Waals surface area contributed by atoms with Crippen molar-refractivity contribution in [3.05, 3.63) is 33.1 Å². The highest BCUT2D eigenvalue weighted by Crippen LogP contribution is 2.41. The second kappa shape index (κ2) is 5.03. The molecule has 0 saturated carbocycles. The Morgan fingerprint density at radius 3 is 2.26 bits per heavy atom. The second-order valence-electron chi connectivity index (χ2n) is 3.11. The van der Waals surface area contributed by atoms with Crippen molar-refractivity contribution in [2.45, 2.75) is 12.6 Å². The monoisotopic (exact) mass is 304 g/mol. The maximum Gasteiger partial charge on any atom is 0.418 e. The Kier molecular flexibility index (Phi) is 4.03. The van der Waals surface area contributed by atoms with Gasteiger partial charge in [-0.3, -0.25) is 14.9 Å². The Morgan fingerprint density at radius 1 is 1.42 bits per heavy atom. The van der Waals surface area contributed by atoms with E-state index in [0.717, 1.165) is 0 Å². The first-order valence-electron chi connectivity index (χ1n) is 4.29. The third kappa shape index (κ3) is 2.95. The molecule has 0 aliphatic carbocycles. The molecule has 0 bridgehead atoms. The van der Waals surface area contributed by atoms with E-state index >= 15 is 0 Å². The van der Waals surface area contributed by atoms with E-state index in [1.54, 1.807) is 0 Å². The summed E-state index contributed by atoms with van der Waals surface area (Å²) in [5, 5.41) is 8.98. The summed E-state index contributed by atoms with van der Waals surface area (Å²) >= 11 is 4.86. The molecule has 0 aliphatic heterocycles. The molecule has 0 aliphatic rings. The first-order chi connectivity index (χ1) is 8.57. The number of rotatable bonds is 3. The molecule has 11 heteroatoms. The first-order valence-corrected chi connectivity index (χ1v) is 4.67. The van der Waals surface area contributed by atoms with Crippen molar-refractivity contribution < 1.29 is 31.7 Å². The van der Waals surface area contributed by atoms with Crippen molar-refractivity contribution in [3.63, 3.8) is 0 Å². The number of alkyl halides is 5. The van der Waals surface area contributed by atoms with E-state index in [1.807, 2.05) is 0 Å². The van der Waals surface area contributed by atoms with Crippen LogP contribution in [0.1, 0.15) is 28.0 Å². The maximum absolute atomic E-state index is 12.6. The van der Waals surface area contributed by atoms with Gasteiger partial charge in [0.05, 0.1) is 10.5 Å². The van der Waals surface area contributed by atoms with E-state index in [0.29, 0.717) is 0 Å². The summed E-state index contributed by atoms with van der Waals surface area (Å²) in [6.07, 6.45) is -9.20. The molecule has 0 atom stereocenters. The molecule has 0 radical (unpaired) electrons. The highest BCUT2D eigenvalue weighted by Gasteiger charge is 2.43. The Balaban J connectivity index is 3.79. The SMILES string of the molecule is O=C(Cl)c1ncc(C(F)(F)F)c(C(F)F)c1[N+](=O)[O-]. The summed E-state index contributed by atoms with van der Waals surface area (Å²) in [4.78, 5) is 22.6. The van der Waals surface area contributed by atoms with Crippen molar-refractivity contribution in [1.82, 2.24) is 4.98 Å². The Hall–Kier alpha value is -1.84. The predicted molar refractivity (Wildman–Crippen MR) is 51.0 cm³/mol. The zero-order chi connectivity index (χ0) is 15.0. The summed E-state index contributed by atoms with van der Waals surface area (Å²) in [5.74, 6) is 0. The minimum absolute atomic E-state index is 0.0931. The standard InChI is InChI=1S/C8H2ClF5N2O3/c9-6(17)4-5(16(18)19)3(7(10)11)2(1-15-4)8(12,13)14/h1,7H. The van der Waals surface area contributed by atoms with Gasteiger partial charge in [0.15, 0.2) is 0 Å². The van der Waals surface area contributed by atoms with Crippen LogP contribution in [0.3, 0.4) is 0 Å². The van der Waals surface area contributed by atoms with Gasteiger partial charge in [0.2, 0.25) is 5.69 Å². The molecule has 5 nitrogen and oxygen atoms in total. The van der Waals surface area contributed by atoms with Crippen LogP contribution in [0.2, 0.25) is 0 Å². The molecule has 0 unspecified atom stereocenters. The number of carbonyl (C=O) groups is 1. The minimum atomic E-state index is -5.28. The van der Waals surface area contributed by atoms with Gasteiger partial charge in [-0.15, -0.1) is 0 Å². The smallest absolute Gasteiger partial charge is 0.274 e. The Morgan fingerprint density at radius 2 is 1.95 bits per heavy atom. The third-order valence-electron chi connectivity index (χ3n) is 1.98. The topological polar surface area (TPSA) is 73.1 Å². The lowest BCUT2D eigenvalue weighted by atomic mass is 10.1. The molecule has 0 N–H and O–H groups in total. The number of hydrogen-bond acceptors (Lipinski definition) is 4. The lowest BCUT2D eigenvalue weighted by Crippen LogP contribution is -2.15. The Labute approximate surface area is 106 Å². The Bertz CT molecular complexity index is 546. The maximum atomic E-state index is 12.6. The zero-order valence-corrected chi connectivity index (χ0v) is 9.30. The van der Waals surface area contributed by atoms with Crippen molar-refractivity contribution >= 4 is 22.5 Å². The van der Waals surface area contributed by atoms with Gasteiger partial charge in [-0.2, -0.15) is 13.2 Å². The largest absolute Gasteiger partial charge is 0.418 e. The second-order valence-corrected chi connectivity index (χ2v) is 3.46. The van der Waals surface area contributed by atoms with Crippen molar-refractivity contribution in [2.24, 2.45) is 0 Å². The van der Waals surface area contributed by atoms with E-state index < -0.39 is 45.3 Å². The van der Waals surface area contributed by atoms with E-state index in [1.165, 1.54) is 0 Å². The average Bonchev–Trinajstić information content (AvgIpc) is 2.25. The van der Waals surface area contributed by atoms with Crippen LogP contribution in [0.5, 0.6) is 0 Å². The van der Waals surface area contributed by atoms with E-state index in [4.69, 9.17) is 11.6 Å². The van der Waals surface area contributed by atoms with Crippen LogP contribution in [0.25, 0.3) is 0 Å². The summed E-state index contributed by atoms with van der Waals surface area (Å²) < 4.78 is 62.7. The van der Waals surface area contributed by atoms with Crippen LogP contribution >= 0.6 is 11.6 Å². The number of carbonyl (C=O) groups excluding carboxylic acids is 1. The quantitative estimate of drug-likeness (QED) is 0.371. The number of nitro groups is 1. The molecule has 19 heavy (non-hydrogen) atoms. The first kappa shape index (κ1) is 15.2. The molecular weight excluding hydrogens is 303 g/mol. The normalized spacial score (nSPS) is 11.7. The average molecular weight is 305 g/mol. The van der Waals surface area contributed by atoms with Crippen LogP contribution in [-0.2, 0) is 6.18 Å². The number of halogens is 6. The minimum Gasteiger partial charge on any atom is -0.274 e. The van der Waals surface area contributed by atoms with Gasteiger partial charge < -0.3 is 0 Å². The fraction of sp³-hybridized carbons (Fsp3) is 0.250. The highest BCUT2D eigenvalue weighted by atomic mass is 35.5. The molecule has 0 fully saturated rings. The highest BCUT2D eigenvalue weighted by molar-refractivity contribution is 6.67. The lowest BCUT2D eigenvalue weighted by Gasteiger charge is -2.12. The predicted octanol–water partition coefficient (Wildman–Crippen LogP) is 3.33. The van der Waals surface area contributed by atoms with E-state index in [2.05, 4.69) is 4.98 Å². The van der Waals surface area contributed by atoms with Crippen molar-refractivity contribution in [3.8, 4) is 0 Å². The summed E-state index contributed by atoms with van der Waals surface area (Å²) in [7, 11) is 0. The van der Waals surface area contributed by atoms with Crippen molar-refractivity contribution in [1.29, 1.82) is 0 Å². The van der Waals surface area contributed by atoms with Crippen LogP contribution < -0.4 is 0 Å². The molecule has 0 amide bonds. The summed E-state index contributed by atoms with van der Waals surface area (Å²) in [5.41, 5.74) is -6.94. The zero-order valence-electron chi connectivity index (χ0n) is 8.54. The van der Waals surface area contributed by atoms with Gasteiger partial charge in [-0.05, 0) is 11.6 Å². The van der Waals surface area contributed by atoms with E-state index in [-0.39, 0.29) is 6.20 Å². The molecule has 0 aromatic carbocycles. The van der Waals surface area contributed by atoms with Gasteiger partial charge >= 0.3 is 11.9 Å². The van der Waals surface area contributed by atoms with Gasteiger partial charge in [0, 0.05) is 6.20 Å². The molecule has 104 valence electrons. The number of nitrogens with zero attached hydrogens (tertiary/aromatic N) is 2. The molecule has 0 spiro atoms. The number of aromatic nitrogens is 1. The van der Waals surface area contributed by atoms with Gasteiger partial charge in [0.1, 0.15) is 5.56 Å². The summed E-state index contributed by atoms with van der Waals surface area (Å²) in [6, 6.07) is 0. The van der Waals surface area contributed by atoms with Crippen LogP contribution in [0.4, 0.5) is 27.6 Å². The van der Waals surface area contributed by atoms with Crippen LogP contribution in [0, 0.1) is 10.1 Å². The van der Waals surface area contributed by atoms with Gasteiger partial charge in [-0.1, -0.05) is 0 Å². The molecule has 1 aromatic rings. The lowest BCUT2D eigenvalue weighted by molar-refractivity contribution is -0.387. The number of hydrogen-bond donors (Lipinski definition) is 0. The number of pyridine rings is 1. The van der Waals surface area contributed by atoms with E-state index in [9.17, 15) is 36.9 Å².